The zero-order valence-corrected chi connectivity index (χ0v) is 13.1. The largest absolute Gasteiger partial charge is 0.486 e. The first-order valence-electron chi connectivity index (χ1n) is 7.27. The van der Waals surface area contributed by atoms with E-state index in [2.05, 4.69) is 10.00 Å². The van der Waals surface area contributed by atoms with Gasteiger partial charge < -0.3 is 9.30 Å². The molecule has 1 aromatic heterocycles. The fourth-order valence-electron chi connectivity index (χ4n) is 2.53. The molecule has 1 aliphatic heterocycles. The average molecular weight is 304 g/mol. The molecule has 0 saturated carbocycles. The molecular formula is C15H20N4OS. The van der Waals surface area contributed by atoms with Gasteiger partial charge in [0.05, 0.1) is 6.67 Å². The Labute approximate surface area is 129 Å². The van der Waals surface area contributed by atoms with Gasteiger partial charge in [-0.2, -0.15) is 5.10 Å². The first-order valence-corrected chi connectivity index (χ1v) is 7.68. The van der Waals surface area contributed by atoms with Crippen LogP contribution in [0.15, 0.2) is 30.3 Å². The molecule has 0 N–H and O–H groups in total. The molecule has 1 aliphatic rings. The zero-order chi connectivity index (χ0) is 14.7. The van der Waals surface area contributed by atoms with Crippen molar-refractivity contribution in [3.63, 3.8) is 0 Å². The van der Waals surface area contributed by atoms with Crippen molar-refractivity contribution in [3.05, 3.63) is 40.9 Å². The van der Waals surface area contributed by atoms with Gasteiger partial charge in [-0.25, -0.2) is 4.68 Å². The molecule has 0 aliphatic carbocycles. The Kier molecular flexibility index (Phi) is 4.36. The lowest BCUT2D eigenvalue weighted by Gasteiger charge is -2.13. The Morgan fingerprint density at radius 3 is 2.62 bits per heavy atom. The number of rotatable bonds is 5. The van der Waals surface area contributed by atoms with Crippen LogP contribution in [0.1, 0.15) is 18.7 Å². The van der Waals surface area contributed by atoms with E-state index in [4.69, 9.17) is 17.0 Å². The first-order chi connectivity index (χ1) is 10.2. The molecule has 112 valence electrons. The van der Waals surface area contributed by atoms with E-state index in [9.17, 15) is 0 Å². The Morgan fingerprint density at radius 1 is 1.19 bits per heavy atom. The second-order valence-electron chi connectivity index (χ2n) is 5.33. The number of hydrogen-bond donors (Lipinski definition) is 0. The number of para-hydroxylation sites is 1. The van der Waals surface area contributed by atoms with E-state index in [0.29, 0.717) is 6.61 Å². The maximum absolute atomic E-state index is 5.75. The van der Waals surface area contributed by atoms with Crippen molar-refractivity contribution in [2.24, 2.45) is 7.05 Å². The molecule has 2 aromatic rings. The van der Waals surface area contributed by atoms with Gasteiger partial charge >= 0.3 is 0 Å². The molecule has 0 atom stereocenters. The second-order valence-corrected chi connectivity index (χ2v) is 5.69. The molecule has 5 nitrogen and oxygen atoms in total. The standard InChI is InChI=1S/C15H20N4OS/c1-17-14(11-20-13-7-3-2-4-8-13)16-19(15(17)21)12-18-9-5-6-10-18/h2-4,7-8H,5-6,9-12H2,1H3. The van der Waals surface area contributed by atoms with Gasteiger partial charge in [0.25, 0.3) is 0 Å². The molecule has 3 rings (SSSR count). The number of likely N-dealkylation sites (tertiary alicyclic amines) is 1. The van der Waals surface area contributed by atoms with E-state index in [1.807, 2.05) is 46.6 Å². The summed E-state index contributed by atoms with van der Waals surface area (Å²) in [4.78, 5) is 2.38. The molecule has 0 amide bonds. The normalized spacial score (nSPS) is 15.5. The van der Waals surface area contributed by atoms with Gasteiger partial charge in [-0.15, -0.1) is 0 Å². The van der Waals surface area contributed by atoms with E-state index in [1.165, 1.54) is 12.8 Å². The average Bonchev–Trinajstić information content (AvgIpc) is 3.11. The van der Waals surface area contributed by atoms with Crippen LogP contribution >= 0.6 is 12.2 Å². The van der Waals surface area contributed by atoms with Gasteiger partial charge in [0.1, 0.15) is 12.4 Å². The molecule has 6 heteroatoms. The van der Waals surface area contributed by atoms with Crippen LogP contribution in [0.2, 0.25) is 0 Å². The van der Waals surface area contributed by atoms with E-state index in [0.717, 1.165) is 36.1 Å². The number of ether oxygens (including phenoxy) is 1. The van der Waals surface area contributed by atoms with Crippen molar-refractivity contribution < 1.29 is 4.74 Å². The van der Waals surface area contributed by atoms with Crippen molar-refractivity contribution in [1.29, 1.82) is 0 Å². The highest BCUT2D eigenvalue weighted by atomic mass is 32.1. The summed E-state index contributed by atoms with van der Waals surface area (Å²) in [6.45, 7) is 3.47. The van der Waals surface area contributed by atoms with E-state index < -0.39 is 0 Å². The summed E-state index contributed by atoms with van der Waals surface area (Å²) < 4.78 is 10.3. The highest BCUT2D eigenvalue weighted by Gasteiger charge is 2.15. The summed E-state index contributed by atoms with van der Waals surface area (Å²) in [5.41, 5.74) is 0. The molecule has 0 radical (unpaired) electrons. The van der Waals surface area contributed by atoms with Gasteiger partial charge in [0.15, 0.2) is 10.6 Å². The van der Waals surface area contributed by atoms with Crippen molar-refractivity contribution in [3.8, 4) is 5.75 Å². The van der Waals surface area contributed by atoms with Crippen LogP contribution < -0.4 is 4.74 Å². The van der Waals surface area contributed by atoms with Gasteiger partial charge in [0, 0.05) is 7.05 Å². The highest BCUT2D eigenvalue weighted by molar-refractivity contribution is 7.71. The summed E-state index contributed by atoms with van der Waals surface area (Å²) >= 11 is 5.46. The Morgan fingerprint density at radius 2 is 1.90 bits per heavy atom. The van der Waals surface area contributed by atoms with E-state index in [1.54, 1.807) is 0 Å². The fraction of sp³-hybridized carbons (Fsp3) is 0.467. The van der Waals surface area contributed by atoms with Crippen molar-refractivity contribution in [1.82, 2.24) is 19.2 Å². The maximum atomic E-state index is 5.75. The molecule has 21 heavy (non-hydrogen) atoms. The lowest BCUT2D eigenvalue weighted by molar-refractivity contribution is 0.249. The van der Waals surface area contributed by atoms with E-state index >= 15 is 0 Å². The number of benzene rings is 1. The third-order valence-corrected chi connectivity index (χ3v) is 4.26. The summed E-state index contributed by atoms with van der Waals surface area (Å²) in [7, 11) is 1.94. The zero-order valence-electron chi connectivity index (χ0n) is 12.2. The van der Waals surface area contributed by atoms with Crippen molar-refractivity contribution in [2.45, 2.75) is 26.1 Å². The second kappa shape index (κ2) is 6.41. The van der Waals surface area contributed by atoms with Gasteiger partial charge in [0.2, 0.25) is 0 Å². The molecule has 0 bridgehead atoms. The van der Waals surface area contributed by atoms with E-state index in [-0.39, 0.29) is 0 Å². The minimum atomic E-state index is 0.428. The number of nitrogens with zero attached hydrogens (tertiary/aromatic N) is 4. The van der Waals surface area contributed by atoms with Gasteiger partial charge in [-0.3, -0.25) is 4.90 Å². The SMILES string of the molecule is Cn1c(COc2ccccc2)nn(CN2CCCC2)c1=S. The van der Waals surface area contributed by atoms with Crippen LogP contribution in [-0.2, 0) is 20.3 Å². The monoisotopic (exact) mass is 304 g/mol. The fourth-order valence-corrected chi connectivity index (χ4v) is 2.73. The maximum Gasteiger partial charge on any atom is 0.198 e. The Balaban J connectivity index is 1.69. The predicted octanol–water partition coefficient (Wildman–Crippen LogP) is 2.58. The lowest BCUT2D eigenvalue weighted by atomic mass is 10.3. The minimum absolute atomic E-state index is 0.428. The lowest BCUT2D eigenvalue weighted by Crippen LogP contribution is -2.23. The summed E-state index contributed by atoms with van der Waals surface area (Å²) in [6.07, 6.45) is 2.54. The molecule has 0 spiro atoms. The van der Waals surface area contributed by atoms with Crippen LogP contribution in [0.3, 0.4) is 0 Å². The summed E-state index contributed by atoms with van der Waals surface area (Å²) in [5.74, 6) is 1.69. The predicted molar refractivity (Wildman–Crippen MR) is 83.6 cm³/mol. The molecule has 2 heterocycles. The molecule has 0 unspecified atom stereocenters. The Hall–Kier alpha value is -1.66. The first kappa shape index (κ1) is 14.3. The molecular weight excluding hydrogens is 284 g/mol. The number of aromatic nitrogens is 3. The third-order valence-electron chi connectivity index (χ3n) is 3.77. The van der Waals surface area contributed by atoms with Gasteiger partial charge in [-0.1, -0.05) is 18.2 Å². The smallest absolute Gasteiger partial charge is 0.198 e. The third kappa shape index (κ3) is 3.33. The minimum Gasteiger partial charge on any atom is -0.486 e. The van der Waals surface area contributed by atoms with Gasteiger partial charge in [-0.05, 0) is 50.3 Å². The quantitative estimate of drug-likeness (QED) is 0.795. The van der Waals surface area contributed by atoms with Crippen LogP contribution in [-0.4, -0.2) is 32.3 Å². The topological polar surface area (TPSA) is 35.2 Å². The summed E-state index contributed by atoms with van der Waals surface area (Å²) in [6, 6.07) is 9.77. The molecule has 1 saturated heterocycles. The van der Waals surface area contributed by atoms with Crippen LogP contribution in [0, 0.1) is 4.77 Å². The van der Waals surface area contributed by atoms with Crippen molar-refractivity contribution >= 4 is 12.2 Å². The number of hydrogen-bond acceptors (Lipinski definition) is 4. The Bertz CT molecular complexity index is 643. The van der Waals surface area contributed by atoms with Crippen LogP contribution in [0.4, 0.5) is 0 Å². The van der Waals surface area contributed by atoms with Crippen LogP contribution in [0.5, 0.6) is 5.75 Å². The molecule has 1 fully saturated rings. The van der Waals surface area contributed by atoms with Crippen LogP contribution in [0.25, 0.3) is 0 Å². The highest BCUT2D eigenvalue weighted by Crippen LogP contribution is 2.12. The molecule has 1 aromatic carbocycles. The summed E-state index contributed by atoms with van der Waals surface area (Å²) in [5, 5.41) is 4.60. The van der Waals surface area contributed by atoms with Crippen molar-refractivity contribution in [2.75, 3.05) is 13.1 Å².